The molecule has 1 aliphatic heterocycles. The maximum absolute atomic E-state index is 12.3. The first kappa shape index (κ1) is 18.2. The zero-order valence-corrected chi connectivity index (χ0v) is 15.7. The van der Waals surface area contributed by atoms with Crippen molar-refractivity contribution in [2.45, 2.75) is 19.4 Å². The lowest BCUT2D eigenvalue weighted by Crippen LogP contribution is -2.23. The van der Waals surface area contributed by atoms with Gasteiger partial charge in [-0.1, -0.05) is 11.2 Å². The Balaban J connectivity index is 1.26. The van der Waals surface area contributed by atoms with Gasteiger partial charge in [0.25, 0.3) is 0 Å². The van der Waals surface area contributed by atoms with Gasteiger partial charge in [-0.15, -0.1) is 11.3 Å². The van der Waals surface area contributed by atoms with Crippen LogP contribution in [0.2, 0.25) is 0 Å². The molecule has 9 heteroatoms. The lowest BCUT2D eigenvalue weighted by Gasteiger charge is -2.18. The number of thiophene rings is 1. The minimum atomic E-state index is -0.262. The molecule has 0 saturated carbocycles. The van der Waals surface area contributed by atoms with Crippen molar-refractivity contribution in [3.63, 3.8) is 0 Å². The van der Waals surface area contributed by atoms with Crippen LogP contribution in [0, 0.1) is 0 Å². The number of amides is 1. The van der Waals surface area contributed by atoms with Crippen LogP contribution in [0.25, 0.3) is 10.7 Å². The first-order valence-corrected chi connectivity index (χ1v) is 9.63. The lowest BCUT2D eigenvalue weighted by atomic mass is 10.1. The largest absolute Gasteiger partial charge is 0.486 e. The maximum Gasteiger partial charge on any atom is 0.246 e. The minimum Gasteiger partial charge on any atom is -0.486 e. The third-order valence-corrected chi connectivity index (χ3v) is 4.96. The first-order valence-electron chi connectivity index (χ1n) is 8.75. The SMILES string of the molecule is O=C(CCC(=O)c1ccc2c(c1)OCCO2)NCc1nc(-c2cccs2)no1. The van der Waals surface area contributed by atoms with Crippen LogP contribution < -0.4 is 14.8 Å². The van der Waals surface area contributed by atoms with E-state index in [1.54, 1.807) is 18.2 Å². The topological polar surface area (TPSA) is 104 Å². The Kier molecular flexibility index (Phi) is 5.34. The van der Waals surface area contributed by atoms with E-state index >= 15 is 0 Å². The van der Waals surface area contributed by atoms with Crippen LogP contribution >= 0.6 is 11.3 Å². The summed E-state index contributed by atoms with van der Waals surface area (Å²) in [5.74, 6) is 1.59. The van der Waals surface area contributed by atoms with Crippen LogP contribution in [0.4, 0.5) is 0 Å². The van der Waals surface area contributed by atoms with Crippen LogP contribution in [-0.4, -0.2) is 35.0 Å². The highest BCUT2D eigenvalue weighted by atomic mass is 32.1. The normalized spacial score (nSPS) is 12.6. The maximum atomic E-state index is 12.3. The van der Waals surface area contributed by atoms with Crippen LogP contribution in [0.15, 0.2) is 40.2 Å². The van der Waals surface area contributed by atoms with Gasteiger partial charge in [-0.25, -0.2) is 0 Å². The van der Waals surface area contributed by atoms with Gasteiger partial charge in [0.05, 0.1) is 11.4 Å². The summed E-state index contributed by atoms with van der Waals surface area (Å²) in [6.45, 7) is 1.07. The van der Waals surface area contributed by atoms with E-state index in [4.69, 9.17) is 14.0 Å². The van der Waals surface area contributed by atoms with E-state index in [-0.39, 0.29) is 31.1 Å². The molecule has 0 fully saturated rings. The third kappa shape index (κ3) is 4.20. The number of rotatable bonds is 7. The monoisotopic (exact) mass is 399 g/mol. The van der Waals surface area contributed by atoms with Gasteiger partial charge in [0.15, 0.2) is 17.3 Å². The van der Waals surface area contributed by atoms with Crippen molar-refractivity contribution >= 4 is 23.0 Å². The number of benzene rings is 1. The van der Waals surface area contributed by atoms with Crippen molar-refractivity contribution in [2.75, 3.05) is 13.2 Å². The molecule has 0 aliphatic carbocycles. The number of fused-ring (bicyclic) bond motifs is 1. The molecular weight excluding hydrogens is 382 g/mol. The first-order chi connectivity index (χ1) is 13.7. The van der Waals surface area contributed by atoms with Crippen LogP contribution in [0.1, 0.15) is 29.1 Å². The van der Waals surface area contributed by atoms with Gasteiger partial charge in [0.2, 0.25) is 17.6 Å². The number of nitrogens with one attached hydrogen (secondary N) is 1. The summed E-state index contributed by atoms with van der Waals surface area (Å²) >= 11 is 1.50. The summed E-state index contributed by atoms with van der Waals surface area (Å²) in [5, 5.41) is 8.49. The highest BCUT2D eigenvalue weighted by Gasteiger charge is 2.16. The predicted octanol–water partition coefficient (Wildman–Crippen LogP) is 2.85. The molecule has 0 atom stereocenters. The highest BCUT2D eigenvalue weighted by molar-refractivity contribution is 7.13. The van der Waals surface area contributed by atoms with E-state index in [1.165, 1.54) is 11.3 Å². The number of ether oxygens (including phenoxy) is 2. The van der Waals surface area contributed by atoms with Gasteiger partial charge in [0, 0.05) is 18.4 Å². The molecule has 144 valence electrons. The fourth-order valence-corrected chi connectivity index (χ4v) is 3.33. The Morgan fingerprint density at radius 3 is 2.79 bits per heavy atom. The Bertz CT molecular complexity index is 983. The molecule has 3 heterocycles. The second kappa shape index (κ2) is 8.22. The second-order valence-electron chi connectivity index (χ2n) is 6.05. The van der Waals surface area contributed by atoms with Gasteiger partial charge < -0.3 is 19.3 Å². The number of aromatic nitrogens is 2. The van der Waals surface area contributed by atoms with Crippen molar-refractivity contribution in [3.05, 3.63) is 47.2 Å². The van der Waals surface area contributed by atoms with Crippen molar-refractivity contribution in [1.29, 1.82) is 0 Å². The Morgan fingerprint density at radius 2 is 1.96 bits per heavy atom. The molecule has 3 aromatic rings. The summed E-state index contributed by atoms with van der Waals surface area (Å²) in [6.07, 6.45) is 0.162. The third-order valence-electron chi connectivity index (χ3n) is 4.09. The fourth-order valence-electron chi connectivity index (χ4n) is 2.68. The van der Waals surface area contributed by atoms with Crippen molar-refractivity contribution in [3.8, 4) is 22.2 Å². The Hall–Kier alpha value is -3.20. The molecular formula is C19H17N3O5S. The zero-order chi connectivity index (χ0) is 19.3. The lowest BCUT2D eigenvalue weighted by molar-refractivity contribution is -0.121. The number of nitrogens with zero attached hydrogens (tertiary/aromatic N) is 2. The number of carbonyl (C=O) groups is 2. The number of Topliss-reactive ketones (excluding diaryl/α,β-unsaturated/α-hetero) is 1. The summed E-state index contributed by atoms with van der Waals surface area (Å²) in [6, 6.07) is 8.83. The number of ketones is 1. The van der Waals surface area contributed by atoms with Crippen molar-refractivity contribution in [2.24, 2.45) is 0 Å². The molecule has 1 amide bonds. The molecule has 1 aromatic carbocycles. The van der Waals surface area contributed by atoms with E-state index in [0.29, 0.717) is 42.0 Å². The van der Waals surface area contributed by atoms with E-state index in [0.717, 1.165) is 4.88 Å². The molecule has 4 rings (SSSR count). The van der Waals surface area contributed by atoms with Gasteiger partial charge in [-0.3, -0.25) is 9.59 Å². The van der Waals surface area contributed by atoms with E-state index in [1.807, 2.05) is 17.5 Å². The van der Waals surface area contributed by atoms with Crippen LogP contribution in [-0.2, 0) is 11.3 Å². The summed E-state index contributed by atoms with van der Waals surface area (Å²) in [4.78, 5) is 29.5. The van der Waals surface area contributed by atoms with Gasteiger partial charge in [0.1, 0.15) is 13.2 Å². The Labute approximate surface area is 164 Å². The second-order valence-corrected chi connectivity index (χ2v) is 7.00. The molecule has 0 radical (unpaired) electrons. The summed E-state index contributed by atoms with van der Waals surface area (Å²) in [5.41, 5.74) is 0.495. The average molecular weight is 399 g/mol. The van der Waals surface area contributed by atoms with E-state index in [2.05, 4.69) is 15.5 Å². The number of hydrogen-bond donors (Lipinski definition) is 1. The molecule has 0 unspecified atom stereocenters. The van der Waals surface area contributed by atoms with Gasteiger partial charge >= 0.3 is 0 Å². The highest BCUT2D eigenvalue weighted by Crippen LogP contribution is 2.31. The number of hydrogen-bond acceptors (Lipinski definition) is 8. The van der Waals surface area contributed by atoms with Gasteiger partial charge in [-0.2, -0.15) is 4.98 Å². The molecule has 8 nitrogen and oxygen atoms in total. The van der Waals surface area contributed by atoms with Crippen LogP contribution in [0.3, 0.4) is 0 Å². The molecule has 1 N–H and O–H groups in total. The van der Waals surface area contributed by atoms with Crippen molar-refractivity contribution in [1.82, 2.24) is 15.5 Å². The summed E-state index contributed by atoms with van der Waals surface area (Å²) < 4.78 is 16.0. The van der Waals surface area contributed by atoms with Crippen molar-refractivity contribution < 1.29 is 23.6 Å². The molecule has 0 bridgehead atoms. The van der Waals surface area contributed by atoms with Crippen LogP contribution in [0.5, 0.6) is 11.5 Å². The van der Waals surface area contributed by atoms with Gasteiger partial charge in [-0.05, 0) is 29.6 Å². The van der Waals surface area contributed by atoms with E-state index < -0.39 is 0 Å². The molecule has 0 spiro atoms. The van der Waals surface area contributed by atoms with E-state index in [9.17, 15) is 9.59 Å². The predicted molar refractivity (Wildman–Crippen MR) is 100 cm³/mol. The standard InChI is InChI=1S/C19H17N3O5S/c23-13(12-3-5-14-15(10-12)26-8-7-25-14)4-6-17(24)20-11-18-21-19(22-27-18)16-2-1-9-28-16/h1-3,5,9-10H,4,6-8,11H2,(H,20,24). The Morgan fingerprint density at radius 1 is 1.11 bits per heavy atom. The quantitative estimate of drug-likeness (QED) is 0.609. The molecule has 0 saturated heterocycles. The zero-order valence-electron chi connectivity index (χ0n) is 14.8. The molecule has 1 aliphatic rings. The number of carbonyl (C=O) groups excluding carboxylic acids is 2. The smallest absolute Gasteiger partial charge is 0.246 e. The summed E-state index contributed by atoms with van der Waals surface area (Å²) in [7, 11) is 0. The molecule has 28 heavy (non-hydrogen) atoms. The molecule has 2 aromatic heterocycles. The minimum absolute atomic E-state index is 0.0686. The average Bonchev–Trinajstić information content (AvgIpc) is 3.41. The fraction of sp³-hybridized carbons (Fsp3) is 0.263.